The first kappa shape index (κ1) is 16.8. The highest BCUT2D eigenvalue weighted by Gasteiger charge is 2.18. The quantitative estimate of drug-likeness (QED) is 0.697. The molecule has 0 amide bonds. The molecule has 1 N–H and O–H groups in total. The van der Waals surface area contributed by atoms with E-state index in [0.29, 0.717) is 11.1 Å². The van der Waals surface area contributed by atoms with E-state index in [4.69, 9.17) is 0 Å². The summed E-state index contributed by atoms with van der Waals surface area (Å²) in [5.41, 5.74) is 1.50. The lowest BCUT2D eigenvalue weighted by molar-refractivity contribution is 0.602. The SMILES string of the molecule is CN(C)c1cccc2c(S(=O)(=O)Nc3cccc(Br)c3)cccc12. The first-order valence-electron chi connectivity index (χ1n) is 7.36. The highest BCUT2D eigenvalue weighted by molar-refractivity contribution is 9.10. The van der Waals surface area contributed by atoms with E-state index in [1.165, 1.54) is 0 Å². The molecular formula is C18H17BrN2O2S. The Balaban J connectivity index is 2.13. The topological polar surface area (TPSA) is 49.4 Å². The van der Waals surface area contributed by atoms with Crippen LogP contribution in [0, 0.1) is 0 Å². The van der Waals surface area contributed by atoms with Gasteiger partial charge >= 0.3 is 0 Å². The summed E-state index contributed by atoms with van der Waals surface area (Å²) < 4.78 is 29.2. The zero-order valence-corrected chi connectivity index (χ0v) is 15.7. The Morgan fingerprint density at radius 3 is 2.29 bits per heavy atom. The third-order valence-corrected chi connectivity index (χ3v) is 5.64. The zero-order valence-electron chi connectivity index (χ0n) is 13.3. The fraction of sp³-hybridized carbons (Fsp3) is 0.111. The monoisotopic (exact) mass is 404 g/mol. The van der Waals surface area contributed by atoms with Crippen molar-refractivity contribution < 1.29 is 8.42 Å². The fourth-order valence-corrected chi connectivity index (χ4v) is 4.32. The number of fused-ring (bicyclic) bond motifs is 1. The molecule has 0 heterocycles. The molecule has 0 saturated carbocycles. The third kappa shape index (κ3) is 3.25. The van der Waals surface area contributed by atoms with Crippen LogP contribution in [0.5, 0.6) is 0 Å². The zero-order chi connectivity index (χ0) is 17.3. The highest BCUT2D eigenvalue weighted by atomic mass is 79.9. The fourth-order valence-electron chi connectivity index (χ4n) is 2.65. The Morgan fingerprint density at radius 1 is 0.917 bits per heavy atom. The van der Waals surface area contributed by atoms with Gasteiger partial charge in [-0.25, -0.2) is 8.42 Å². The van der Waals surface area contributed by atoms with Crippen molar-refractivity contribution in [1.29, 1.82) is 0 Å². The van der Waals surface area contributed by atoms with Crippen molar-refractivity contribution in [2.24, 2.45) is 0 Å². The maximum atomic E-state index is 12.9. The van der Waals surface area contributed by atoms with E-state index in [0.717, 1.165) is 15.5 Å². The summed E-state index contributed by atoms with van der Waals surface area (Å²) in [6.07, 6.45) is 0. The van der Waals surface area contributed by atoms with Crippen LogP contribution in [0.4, 0.5) is 11.4 Å². The minimum atomic E-state index is -3.69. The molecule has 0 unspecified atom stereocenters. The second-order valence-corrected chi connectivity index (χ2v) is 8.21. The van der Waals surface area contributed by atoms with Gasteiger partial charge in [-0.1, -0.05) is 46.3 Å². The molecule has 0 radical (unpaired) electrons. The van der Waals surface area contributed by atoms with Crippen LogP contribution in [0.2, 0.25) is 0 Å². The minimum Gasteiger partial charge on any atom is -0.377 e. The van der Waals surface area contributed by atoms with Crippen molar-refractivity contribution in [3.05, 3.63) is 65.1 Å². The molecule has 0 aliphatic carbocycles. The number of halogens is 1. The van der Waals surface area contributed by atoms with Gasteiger partial charge in [-0.05, 0) is 30.3 Å². The first-order valence-corrected chi connectivity index (χ1v) is 9.63. The number of hydrogen-bond acceptors (Lipinski definition) is 3. The van der Waals surface area contributed by atoms with Crippen molar-refractivity contribution in [2.75, 3.05) is 23.7 Å². The number of sulfonamides is 1. The summed E-state index contributed by atoms with van der Waals surface area (Å²) in [4.78, 5) is 2.24. The van der Waals surface area contributed by atoms with Crippen LogP contribution >= 0.6 is 15.9 Å². The van der Waals surface area contributed by atoms with E-state index in [1.807, 2.05) is 49.3 Å². The van der Waals surface area contributed by atoms with Gasteiger partial charge in [0.1, 0.15) is 0 Å². The molecule has 0 saturated heterocycles. The molecule has 0 bridgehead atoms. The van der Waals surface area contributed by atoms with Gasteiger partial charge in [0.05, 0.1) is 4.90 Å². The molecule has 124 valence electrons. The Labute approximate surface area is 150 Å². The highest BCUT2D eigenvalue weighted by Crippen LogP contribution is 2.31. The first-order chi connectivity index (χ1) is 11.4. The number of nitrogens with zero attached hydrogens (tertiary/aromatic N) is 1. The second-order valence-electron chi connectivity index (χ2n) is 5.64. The lowest BCUT2D eigenvalue weighted by Crippen LogP contribution is -2.14. The van der Waals surface area contributed by atoms with Crippen LogP contribution in [-0.2, 0) is 10.0 Å². The third-order valence-electron chi connectivity index (χ3n) is 3.71. The van der Waals surface area contributed by atoms with Crippen molar-refractivity contribution in [3.8, 4) is 0 Å². The summed E-state index contributed by atoms with van der Waals surface area (Å²) >= 11 is 3.35. The predicted molar refractivity (Wildman–Crippen MR) is 103 cm³/mol. The molecule has 0 spiro atoms. The van der Waals surface area contributed by atoms with E-state index in [-0.39, 0.29) is 4.90 Å². The van der Waals surface area contributed by atoms with Gasteiger partial charge in [0.15, 0.2) is 0 Å². The van der Waals surface area contributed by atoms with Gasteiger partial charge < -0.3 is 4.90 Å². The molecular weight excluding hydrogens is 388 g/mol. The molecule has 0 aromatic heterocycles. The van der Waals surface area contributed by atoms with E-state index >= 15 is 0 Å². The summed E-state index contributed by atoms with van der Waals surface area (Å²) in [5.74, 6) is 0. The van der Waals surface area contributed by atoms with Crippen molar-refractivity contribution in [3.63, 3.8) is 0 Å². The summed E-state index contributed by atoms with van der Waals surface area (Å²) in [6.45, 7) is 0. The Morgan fingerprint density at radius 2 is 1.58 bits per heavy atom. The standard InChI is InChI=1S/C18H17BrN2O2S/c1-21(2)17-10-4-9-16-15(17)8-5-11-18(16)24(22,23)20-14-7-3-6-13(19)12-14/h3-12,20H,1-2H3. The lowest BCUT2D eigenvalue weighted by Gasteiger charge is -2.17. The van der Waals surface area contributed by atoms with Crippen LogP contribution in [0.3, 0.4) is 0 Å². The van der Waals surface area contributed by atoms with Crippen molar-refractivity contribution in [1.82, 2.24) is 0 Å². The molecule has 3 aromatic rings. The van der Waals surface area contributed by atoms with Crippen LogP contribution in [0.25, 0.3) is 10.8 Å². The Hall–Kier alpha value is -2.05. The molecule has 3 rings (SSSR count). The molecule has 0 aliphatic rings. The molecule has 0 fully saturated rings. The molecule has 24 heavy (non-hydrogen) atoms. The van der Waals surface area contributed by atoms with E-state index in [1.54, 1.807) is 30.3 Å². The molecule has 0 aliphatic heterocycles. The smallest absolute Gasteiger partial charge is 0.262 e. The van der Waals surface area contributed by atoms with Gasteiger partial charge in [0.2, 0.25) is 0 Å². The van der Waals surface area contributed by atoms with Gasteiger partial charge in [0, 0.05) is 40.7 Å². The minimum absolute atomic E-state index is 0.267. The van der Waals surface area contributed by atoms with E-state index < -0.39 is 10.0 Å². The Kier molecular flexibility index (Phi) is 4.51. The van der Waals surface area contributed by atoms with Gasteiger partial charge in [0.25, 0.3) is 10.0 Å². The Bertz CT molecular complexity index is 1000. The predicted octanol–water partition coefficient (Wildman–Crippen LogP) is 4.47. The van der Waals surface area contributed by atoms with Crippen molar-refractivity contribution >= 4 is 48.1 Å². The van der Waals surface area contributed by atoms with Crippen LogP contribution in [0.1, 0.15) is 0 Å². The number of rotatable bonds is 4. The number of nitrogens with one attached hydrogen (secondary N) is 1. The largest absolute Gasteiger partial charge is 0.377 e. The summed E-state index contributed by atoms with van der Waals surface area (Å²) in [7, 11) is 0.192. The molecule has 3 aromatic carbocycles. The molecule has 0 atom stereocenters. The lowest BCUT2D eigenvalue weighted by atomic mass is 10.1. The van der Waals surface area contributed by atoms with Crippen LogP contribution in [-0.4, -0.2) is 22.5 Å². The normalized spacial score (nSPS) is 11.5. The maximum Gasteiger partial charge on any atom is 0.262 e. The van der Waals surface area contributed by atoms with Crippen LogP contribution in [0.15, 0.2) is 70.0 Å². The molecule has 4 nitrogen and oxygen atoms in total. The number of anilines is 2. The number of benzene rings is 3. The van der Waals surface area contributed by atoms with Crippen LogP contribution < -0.4 is 9.62 Å². The summed E-state index contributed by atoms with van der Waals surface area (Å²) in [6, 6.07) is 18.1. The maximum absolute atomic E-state index is 12.9. The van der Waals surface area contributed by atoms with E-state index in [9.17, 15) is 8.42 Å². The van der Waals surface area contributed by atoms with E-state index in [2.05, 4.69) is 20.7 Å². The molecule has 6 heteroatoms. The number of hydrogen-bond donors (Lipinski definition) is 1. The average molecular weight is 405 g/mol. The second kappa shape index (κ2) is 6.45. The average Bonchev–Trinajstić information content (AvgIpc) is 2.53. The van der Waals surface area contributed by atoms with Crippen molar-refractivity contribution in [2.45, 2.75) is 4.90 Å². The summed E-state index contributed by atoms with van der Waals surface area (Å²) in [5, 5.41) is 1.60. The van der Waals surface area contributed by atoms with Gasteiger partial charge in [-0.15, -0.1) is 0 Å². The van der Waals surface area contributed by atoms with Gasteiger partial charge in [-0.2, -0.15) is 0 Å². The van der Waals surface area contributed by atoms with Gasteiger partial charge in [-0.3, -0.25) is 4.72 Å².